The number of rotatable bonds is 2. The van der Waals surface area contributed by atoms with Gasteiger partial charge in [0, 0.05) is 62.7 Å². The SMILES string of the molecule is C.C=O.CN1CCc2ccc(N)cc2C1.CN1CCc2ccc([N+](=O)[O-])cc2C1.O=[N+]([O-])c1ccc2c(c1)CNCC2. The van der Waals surface area contributed by atoms with Crippen LogP contribution in [0.2, 0.25) is 0 Å². The highest BCUT2D eigenvalue weighted by atomic mass is 16.6. The number of nitro groups is 2. The summed E-state index contributed by atoms with van der Waals surface area (Å²) < 4.78 is 0. The Bertz CT molecular complexity index is 1370. The summed E-state index contributed by atoms with van der Waals surface area (Å²) in [4.78, 5) is 32.8. The van der Waals surface area contributed by atoms with Crippen LogP contribution in [0.15, 0.2) is 54.6 Å². The molecule has 0 unspecified atom stereocenters. The molecule has 3 N–H and O–H groups in total. The van der Waals surface area contributed by atoms with Crippen molar-refractivity contribution in [2.45, 2.75) is 46.3 Å². The van der Waals surface area contributed by atoms with Crippen LogP contribution in [0.4, 0.5) is 17.1 Å². The first-order valence-electron chi connectivity index (χ1n) is 13.5. The van der Waals surface area contributed by atoms with Crippen LogP contribution in [0.25, 0.3) is 0 Å². The van der Waals surface area contributed by atoms with Gasteiger partial charge >= 0.3 is 0 Å². The van der Waals surface area contributed by atoms with Gasteiger partial charge < -0.3 is 25.6 Å². The predicted molar refractivity (Wildman–Crippen MR) is 166 cm³/mol. The number of likely N-dealkylation sites (N-methyl/N-ethyl adjacent to an activating group) is 2. The lowest BCUT2D eigenvalue weighted by Gasteiger charge is -2.24. The summed E-state index contributed by atoms with van der Waals surface area (Å²) in [5.41, 5.74) is 14.4. The van der Waals surface area contributed by atoms with Gasteiger partial charge in [0.2, 0.25) is 0 Å². The second kappa shape index (κ2) is 16.3. The lowest BCUT2D eigenvalue weighted by molar-refractivity contribution is -0.385. The van der Waals surface area contributed by atoms with E-state index in [-0.39, 0.29) is 28.6 Å². The first-order chi connectivity index (χ1) is 19.7. The van der Waals surface area contributed by atoms with Gasteiger partial charge in [0.1, 0.15) is 6.79 Å². The van der Waals surface area contributed by atoms with E-state index >= 15 is 0 Å². The fraction of sp³-hybridized carbons (Fsp3) is 0.387. The first kappa shape index (κ1) is 34.0. The van der Waals surface area contributed by atoms with E-state index in [2.05, 4.69) is 34.3 Å². The molecule has 0 atom stereocenters. The highest BCUT2D eigenvalue weighted by Gasteiger charge is 2.16. The number of nitrogens with two attached hydrogens (primary N) is 1. The molecule has 0 aliphatic carbocycles. The number of non-ortho nitro benzene ring substituents is 2. The van der Waals surface area contributed by atoms with E-state index in [1.807, 2.05) is 32.0 Å². The monoisotopic (exact) mass is 578 g/mol. The normalized spacial score (nSPS) is 15.2. The van der Waals surface area contributed by atoms with E-state index in [0.717, 1.165) is 75.3 Å². The van der Waals surface area contributed by atoms with Crippen molar-refractivity contribution in [1.29, 1.82) is 0 Å². The van der Waals surface area contributed by atoms with E-state index in [1.54, 1.807) is 24.3 Å². The molecule has 0 aromatic heterocycles. The second-order valence-electron chi connectivity index (χ2n) is 10.4. The fourth-order valence-electron chi connectivity index (χ4n) is 5.10. The van der Waals surface area contributed by atoms with E-state index in [9.17, 15) is 20.2 Å². The topological polar surface area (TPSA) is 148 Å². The molecule has 3 aliphatic heterocycles. The van der Waals surface area contributed by atoms with Crippen molar-refractivity contribution in [3.63, 3.8) is 0 Å². The third-order valence-electron chi connectivity index (χ3n) is 7.32. The third-order valence-corrected chi connectivity index (χ3v) is 7.32. The van der Waals surface area contributed by atoms with Crippen LogP contribution in [0, 0.1) is 20.2 Å². The van der Waals surface area contributed by atoms with Crippen molar-refractivity contribution >= 4 is 23.9 Å². The summed E-state index contributed by atoms with van der Waals surface area (Å²) in [6, 6.07) is 16.5. The number of hydrogen-bond acceptors (Lipinski definition) is 9. The molecule has 3 heterocycles. The van der Waals surface area contributed by atoms with E-state index < -0.39 is 0 Å². The Morgan fingerprint density at radius 3 is 1.69 bits per heavy atom. The quantitative estimate of drug-likeness (QED) is 0.254. The Kier molecular flexibility index (Phi) is 13.2. The molecular formula is C31H42N6O5. The zero-order valence-electron chi connectivity index (χ0n) is 23.7. The molecule has 3 aromatic carbocycles. The second-order valence-corrected chi connectivity index (χ2v) is 10.4. The lowest BCUT2D eigenvalue weighted by Crippen LogP contribution is -2.26. The Hall–Kier alpha value is -4.19. The van der Waals surface area contributed by atoms with Gasteiger partial charge in [0.25, 0.3) is 11.4 Å². The molecule has 11 nitrogen and oxygen atoms in total. The Morgan fingerprint density at radius 1 is 0.714 bits per heavy atom. The van der Waals surface area contributed by atoms with Crippen LogP contribution >= 0.6 is 0 Å². The molecule has 0 bridgehead atoms. The number of fused-ring (bicyclic) bond motifs is 3. The number of anilines is 1. The van der Waals surface area contributed by atoms with Gasteiger partial charge in [-0.05, 0) is 85.4 Å². The summed E-state index contributed by atoms with van der Waals surface area (Å²) >= 11 is 0. The Balaban J connectivity index is 0.000000212. The minimum absolute atomic E-state index is 0. The summed E-state index contributed by atoms with van der Waals surface area (Å²) in [5.74, 6) is 0. The zero-order chi connectivity index (χ0) is 29.9. The first-order valence-corrected chi connectivity index (χ1v) is 13.5. The average Bonchev–Trinajstić information content (AvgIpc) is 2.98. The molecule has 0 spiro atoms. The number of nitrogens with zero attached hydrogens (tertiary/aromatic N) is 4. The van der Waals surface area contributed by atoms with Gasteiger partial charge in [-0.3, -0.25) is 20.2 Å². The van der Waals surface area contributed by atoms with Gasteiger partial charge in [0.05, 0.1) is 9.85 Å². The Morgan fingerprint density at radius 2 is 1.17 bits per heavy atom. The van der Waals surface area contributed by atoms with Gasteiger partial charge in [-0.25, -0.2) is 0 Å². The molecule has 226 valence electrons. The largest absolute Gasteiger partial charge is 0.399 e. The number of nitrogen functional groups attached to an aromatic ring is 1. The van der Waals surface area contributed by atoms with Crippen molar-refractivity contribution < 1.29 is 14.6 Å². The number of carbonyl (C=O) groups excluding carboxylic acids is 1. The predicted octanol–water partition coefficient (Wildman–Crippen LogP) is 4.53. The van der Waals surface area contributed by atoms with E-state index in [1.165, 1.54) is 22.3 Å². The van der Waals surface area contributed by atoms with Crippen LogP contribution in [0.1, 0.15) is 40.8 Å². The minimum atomic E-state index is -0.352. The molecule has 0 fully saturated rings. The molecule has 0 saturated carbocycles. The number of hydrogen-bond donors (Lipinski definition) is 2. The summed E-state index contributed by atoms with van der Waals surface area (Å²) in [6.07, 6.45) is 3.11. The molecular weight excluding hydrogens is 536 g/mol. The van der Waals surface area contributed by atoms with Crippen molar-refractivity contribution in [1.82, 2.24) is 15.1 Å². The number of carbonyl (C=O) groups is 1. The maximum atomic E-state index is 10.6. The van der Waals surface area contributed by atoms with Gasteiger partial charge in [-0.1, -0.05) is 25.6 Å². The summed E-state index contributed by atoms with van der Waals surface area (Å²) in [7, 11) is 4.17. The van der Waals surface area contributed by atoms with Gasteiger partial charge in [0.15, 0.2) is 0 Å². The third kappa shape index (κ3) is 9.44. The molecule has 3 aromatic rings. The molecule has 0 saturated heterocycles. The minimum Gasteiger partial charge on any atom is -0.399 e. The van der Waals surface area contributed by atoms with Crippen LogP contribution < -0.4 is 11.1 Å². The van der Waals surface area contributed by atoms with Crippen molar-refractivity contribution in [2.75, 3.05) is 39.5 Å². The maximum absolute atomic E-state index is 10.6. The van der Waals surface area contributed by atoms with Gasteiger partial charge in [-0.15, -0.1) is 0 Å². The molecule has 11 heteroatoms. The standard InChI is InChI=1S/C10H12N2O2.C10H14N2.C9H10N2O2.CH2O.CH4/c1-11-5-4-8-2-3-10(12(13)14)6-9(8)7-11;1-12-5-4-8-2-3-10(11)6-9(8)7-12;12-11(13)9-2-1-7-3-4-10-6-8(7)5-9;1-2;/h2-3,6H,4-5,7H2,1H3;2-3,6H,4-5,7,11H2,1H3;1-2,5,10H,3-4,6H2;1H2;1H4. The highest BCUT2D eigenvalue weighted by Crippen LogP contribution is 2.23. The van der Waals surface area contributed by atoms with Gasteiger partial charge in [-0.2, -0.15) is 0 Å². The molecule has 0 radical (unpaired) electrons. The summed E-state index contributed by atoms with van der Waals surface area (Å²) in [6.45, 7) is 7.76. The van der Waals surface area contributed by atoms with Crippen molar-refractivity contribution in [2.24, 2.45) is 0 Å². The maximum Gasteiger partial charge on any atom is 0.269 e. The lowest BCUT2D eigenvalue weighted by atomic mass is 10.00. The van der Waals surface area contributed by atoms with Crippen LogP contribution in [0.5, 0.6) is 0 Å². The molecule has 42 heavy (non-hydrogen) atoms. The number of nitro benzene ring substituents is 2. The van der Waals surface area contributed by atoms with Crippen LogP contribution in [-0.4, -0.2) is 60.2 Å². The zero-order valence-corrected chi connectivity index (χ0v) is 23.7. The highest BCUT2D eigenvalue weighted by molar-refractivity contribution is 5.45. The number of benzene rings is 3. The van der Waals surface area contributed by atoms with Crippen molar-refractivity contribution in [3.05, 3.63) is 108 Å². The summed E-state index contributed by atoms with van der Waals surface area (Å²) in [5, 5.41) is 24.2. The molecule has 3 aliphatic rings. The van der Waals surface area contributed by atoms with E-state index in [4.69, 9.17) is 10.5 Å². The van der Waals surface area contributed by atoms with Crippen LogP contribution in [-0.2, 0) is 43.7 Å². The van der Waals surface area contributed by atoms with Crippen LogP contribution in [0.3, 0.4) is 0 Å². The smallest absolute Gasteiger partial charge is 0.269 e. The Labute approximate surface area is 247 Å². The average molecular weight is 579 g/mol. The van der Waals surface area contributed by atoms with Crippen molar-refractivity contribution in [3.8, 4) is 0 Å². The van der Waals surface area contributed by atoms with E-state index in [0.29, 0.717) is 0 Å². The fourth-order valence-corrected chi connectivity index (χ4v) is 5.10. The number of nitrogens with one attached hydrogen (secondary N) is 1. The molecule has 6 rings (SSSR count). The molecule has 0 amide bonds.